The SMILES string of the molecule is CCC(C)(NC(=O)c1cc(OC)c(Br)s1)C(=O)O. The van der Waals surface area contributed by atoms with Crippen LogP contribution in [-0.2, 0) is 4.79 Å². The van der Waals surface area contributed by atoms with Crippen molar-refractivity contribution in [2.24, 2.45) is 0 Å². The molecule has 1 atom stereocenters. The van der Waals surface area contributed by atoms with E-state index in [0.29, 0.717) is 20.8 Å². The molecule has 1 aromatic rings. The maximum atomic E-state index is 12.0. The zero-order chi connectivity index (χ0) is 13.9. The Kier molecular flexibility index (Phi) is 4.75. The molecule has 0 spiro atoms. The van der Waals surface area contributed by atoms with Crippen LogP contribution >= 0.6 is 27.3 Å². The number of amides is 1. The zero-order valence-corrected chi connectivity index (χ0v) is 12.6. The number of aliphatic carboxylic acids is 1. The largest absolute Gasteiger partial charge is 0.495 e. The topological polar surface area (TPSA) is 75.6 Å². The number of thiophene rings is 1. The summed E-state index contributed by atoms with van der Waals surface area (Å²) < 4.78 is 5.74. The zero-order valence-electron chi connectivity index (χ0n) is 10.2. The summed E-state index contributed by atoms with van der Waals surface area (Å²) in [5.74, 6) is -0.921. The molecule has 0 saturated heterocycles. The van der Waals surface area contributed by atoms with Gasteiger partial charge in [0, 0.05) is 6.07 Å². The van der Waals surface area contributed by atoms with Crippen LogP contribution in [0.25, 0.3) is 0 Å². The molecule has 5 nitrogen and oxygen atoms in total. The highest BCUT2D eigenvalue weighted by Gasteiger charge is 2.33. The molecular formula is C11H14BrNO4S. The summed E-state index contributed by atoms with van der Waals surface area (Å²) >= 11 is 4.47. The fourth-order valence-corrected chi connectivity index (χ4v) is 2.75. The average molecular weight is 336 g/mol. The molecule has 0 aromatic carbocycles. The number of carboxylic acid groups (broad SMARTS) is 1. The molecule has 1 unspecified atom stereocenters. The summed E-state index contributed by atoms with van der Waals surface area (Å²) in [6.45, 7) is 3.19. The number of rotatable bonds is 5. The van der Waals surface area contributed by atoms with E-state index in [4.69, 9.17) is 9.84 Å². The molecule has 0 saturated carbocycles. The van der Waals surface area contributed by atoms with Crippen molar-refractivity contribution >= 4 is 39.1 Å². The van der Waals surface area contributed by atoms with Crippen LogP contribution in [0.4, 0.5) is 0 Å². The monoisotopic (exact) mass is 335 g/mol. The number of carboxylic acids is 1. The molecular weight excluding hydrogens is 322 g/mol. The Labute approximate surface area is 117 Å². The number of nitrogens with one attached hydrogen (secondary N) is 1. The number of ether oxygens (including phenoxy) is 1. The highest BCUT2D eigenvalue weighted by atomic mass is 79.9. The minimum atomic E-state index is -1.26. The van der Waals surface area contributed by atoms with Crippen molar-refractivity contribution in [3.63, 3.8) is 0 Å². The third-order valence-corrected chi connectivity index (χ3v) is 4.45. The number of methoxy groups -OCH3 is 1. The van der Waals surface area contributed by atoms with Gasteiger partial charge in [-0.05, 0) is 29.3 Å². The first-order chi connectivity index (χ1) is 8.34. The van der Waals surface area contributed by atoms with Crippen LogP contribution in [0.15, 0.2) is 9.85 Å². The standard InChI is InChI=1S/C11H14BrNO4S/c1-4-11(2,10(15)16)13-9(14)7-5-6(17-3)8(12)18-7/h5H,4H2,1-3H3,(H,13,14)(H,15,16). The highest BCUT2D eigenvalue weighted by molar-refractivity contribution is 9.11. The number of carbonyl (C=O) groups excluding carboxylic acids is 1. The van der Waals surface area contributed by atoms with Gasteiger partial charge in [-0.1, -0.05) is 6.92 Å². The fourth-order valence-electron chi connectivity index (χ4n) is 1.21. The second-order valence-electron chi connectivity index (χ2n) is 3.90. The summed E-state index contributed by atoms with van der Waals surface area (Å²) in [7, 11) is 1.50. The molecule has 1 heterocycles. The van der Waals surface area contributed by atoms with Crippen molar-refractivity contribution in [2.45, 2.75) is 25.8 Å². The first kappa shape index (κ1) is 15.0. The third kappa shape index (κ3) is 3.02. The minimum absolute atomic E-state index is 0.303. The lowest BCUT2D eigenvalue weighted by Gasteiger charge is -2.24. The minimum Gasteiger partial charge on any atom is -0.495 e. The van der Waals surface area contributed by atoms with E-state index in [1.165, 1.54) is 25.4 Å². The Morgan fingerprint density at radius 3 is 2.61 bits per heavy atom. The van der Waals surface area contributed by atoms with Gasteiger partial charge in [0.1, 0.15) is 15.1 Å². The van der Waals surface area contributed by atoms with Gasteiger partial charge in [-0.3, -0.25) is 4.79 Å². The Morgan fingerprint density at radius 1 is 1.61 bits per heavy atom. The molecule has 18 heavy (non-hydrogen) atoms. The molecule has 1 rings (SSSR count). The van der Waals surface area contributed by atoms with Gasteiger partial charge in [0.2, 0.25) is 0 Å². The van der Waals surface area contributed by atoms with Gasteiger partial charge in [0.05, 0.1) is 12.0 Å². The van der Waals surface area contributed by atoms with Gasteiger partial charge < -0.3 is 15.2 Å². The second-order valence-corrected chi connectivity index (χ2v) is 6.27. The number of halogens is 1. The van der Waals surface area contributed by atoms with E-state index in [1.807, 2.05) is 0 Å². The molecule has 2 N–H and O–H groups in total. The van der Waals surface area contributed by atoms with E-state index in [0.717, 1.165) is 0 Å². The molecule has 0 bridgehead atoms. The van der Waals surface area contributed by atoms with E-state index in [9.17, 15) is 9.59 Å². The van der Waals surface area contributed by atoms with Crippen LogP contribution in [-0.4, -0.2) is 29.6 Å². The van der Waals surface area contributed by atoms with Crippen LogP contribution < -0.4 is 10.1 Å². The molecule has 0 fully saturated rings. The van der Waals surface area contributed by atoms with Crippen molar-refractivity contribution in [3.05, 3.63) is 14.7 Å². The predicted octanol–water partition coefficient (Wildman–Crippen LogP) is 2.50. The normalized spacial score (nSPS) is 13.8. The predicted molar refractivity (Wildman–Crippen MR) is 72.4 cm³/mol. The van der Waals surface area contributed by atoms with Crippen LogP contribution in [0.2, 0.25) is 0 Å². The van der Waals surface area contributed by atoms with Gasteiger partial charge >= 0.3 is 5.97 Å². The molecule has 0 aliphatic heterocycles. The van der Waals surface area contributed by atoms with Crippen LogP contribution in [0.3, 0.4) is 0 Å². The van der Waals surface area contributed by atoms with Crippen LogP contribution in [0.1, 0.15) is 29.9 Å². The fraction of sp³-hybridized carbons (Fsp3) is 0.455. The van der Waals surface area contributed by atoms with Gasteiger partial charge in [-0.2, -0.15) is 0 Å². The Morgan fingerprint density at radius 2 is 2.22 bits per heavy atom. The summed E-state index contributed by atoms with van der Waals surface area (Å²) in [6.07, 6.45) is 0.303. The van der Waals surface area contributed by atoms with E-state index < -0.39 is 17.4 Å². The van der Waals surface area contributed by atoms with E-state index in [1.54, 1.807) is 13.0 Å². The van der Waals surface area contributed by atoms with Crippen molar-refractivity contribution in [2.75, 3.05) is 7.11 Å². The molecule has 1 aromatic heterocycles. The molecule has 0 aliphatic rings. The molecule has 100 valence electrons. The molecule has 7 heteroatoms. The second kappa shape index (κ2) is 5.71. The quantitative estimate of drug-likeness (QED) is 0.866. The van der Waals surface area contributed by atoms with E-state index in [2.05, 4.69) is 21.2 Å². The first-order valence-electron chi connectivity index (χ1n) is 5.23. The number of hydrogen-bond donors (Lipinski definition) is 2. The summed E-state index contributed by atoms with van der Waals surface area (Å²) in [5.41, 5.74) is -1.26. The van der Waals surface area contributed by atoms with Crippen molar-refractivity contribution in [1.29, 1.82) is 0 Å². The van der Waals surface area contributed by atoms with Gasteiger partial charge in [-0.15, -0.1) is 11.3 Å². The van der Waals surface area contributed by atoms with Crippen LogP contribution in [0.5, 0.6) is 5.75 Å². The maximum absolute atomic E-state index is 12.0. The van der Waals surface area contributed by atoms with Gasteiger partial charge in [0.25, 0.3) is 5.91 Å². The Bertz CT molecular complexity index is 474. The highest BCUT2D eigenvalue weighted by Crippen LogP contribution is 2.34. The first-order valence-corrected chi connectivity index (χ1v) is 6.84. The van der Waals surface area contributed by atoms with E-state index >= 15 is 0 Å². The number of hydrogen-bond acceptors (Lipinski definition) is 4. The smallest absolute Gasteiger partial charge is 0.329 e. The molecule has 1 amide bonds. The average Bonchev–Trinajstić information content (AvgIpc) is 2.70. The third-order valence-electron chi connectivity index (χ3n) is 2.67. The van der Waals surface area contributed by atoms with Crippen LogP contribution in [0, 0.1) is 0 Å². The molecule has 0 radical (unpaired) electrons. The maximum Gasteiger partial charge on any atom is 0.329 e. The van der Waals surface area contributed by atoms with Gasteiger partial charge in [-0.25, -0.2) is 4.79 Å². The van der Waals surface area contributed by atoms with Crippen molar-refractivity contribution in [1.82, 2.24) is 5.32 Å². The lowest BCUT2D eigenvalue weighted by Crippen LogP contribution is -2.51. The lowest BCUT2D eigenvalue weighted by molar-refractivity contribution is -0.143. The Hall–Kier alpha value is -1.08. The summed E-state index contributed by atoms with van der Waals surface area (Å²) in [6, 6.07) is 1.57. The summed E-state index contributed by atoms with van der Waals surface area (Å²) in [5, 5.41) is 11.6. The Balaban J connectivity index is 2.91. The lowest BCUT2D eigenvalue weighted by atomic mass is 9.99. The molecule has 0 aliphatic carbocycles. The van der Waals surface area contributed by atoms with Crippen molar-refractivity contribution < 1.29 is 19.4 Å². The van der Waals surface area contributed by atoms with Gasteiger partial charge in [0.15, 0.2) is 0 Å². The summed E-state index contributed by atoms with van der Waals surface area (Å²) in [4.78, 5) is 23.5. The number of carbonyl (C=O) groups is 2. The van der Waals surface area contributed by atoms with Crippen molar-refractivity contribution in [3.8, 4) is 5.75 Å². The van der Waals surface area contributed by atoms with E-state index in [-0.39, 0.29) is 0 Å².